The number of hydrogen-bond acceptors (Lipinski definition) is 6. The molecule has 1 spiro atoms. The van der Waals surface area contributed by atoms with Crippen LogP contribution >= 0.6 is 15.9 Å². The molecular weight excluding hydrogens is 438 g/mol. The smallest absolute Gasteiger partial charge is 0.345 e. The quantitative estimate of drug-likeness (QED) is 0.508. The highest BCUT2D eigenvalue weighted by atomic mass is 79.9. The molecule has 0 unspecified atom stereocenters. The fraction of sp³-hybridized carbons (Fsp3) is 0.0952. The lowest BCUT2D eigenvalue weighted by Crippen LogP contribution is -2.46. The molecule has 1 aromatic heterocycles. The van der Waals surface area contributed by atoms with Crippen molar-refractivity contribution >= 4 is 38.5 Å². The minimum atomic E-state index is -1.78. The molecule has 0 radical (unpaired) electrons. The number of nitrogens with zero attached hydrogens (tertiary/aromatic N) is 1. The molecule has 3 heterocycles. The SMILES string of the molecule is Cc1ccc2c(c1Br)[C@@]1(C(=O)N2)C(C#N)=C(N)Oc2c1c(=O)oc1ccccc21. The van der Waals surface area contributed by atoms with Gasteiger partial charge in [-0.2, -0.15) is 5.26 Å². The third-order valence-electron chi connectivity index (χ3n) is 5.38. The molecule has 29 heavy (non-hydrogen) atoms. The van der Waals surface area contributed by atoms with Crippen molar-refractivity contribution < 1.29 is 13.9 Å². The van der Waals surface area contributed by atoms with Crippen LogP contribution in [0.4, 0.5) is 5.69 Å². The number of halogens is 1. The molecule has 3 aromatic rings. The predicted octanol–water partition coefficient (Wildman–Crippen LogP) is 3.19. The van der Waals surface area contributed by atoms with Crippen LogP contribution in [0.2, 0.25) is 0 Å². The molecular formula is C21H12BrN3O4. The molecule has 3 N–H and O–H groups in total. The van der Waals surface area contributed by atoms with Crippen LogP contribution in [0.5, 0.6) is 5.75 Å². The Morgan fingerprint density at radius 1 is 1.17 bits per heavy atom. The topological polar surface area (TPSA) is 118 Å². The van der Waals surface area contributed by atoms with E-state index in [2.05, 4.69) is 21.2 Å². The molecule has 1 amide bonds. The van der Waals surface area contributed by atoms with Crippen LogP contribution in [0.1, 0.15) is 16.7 Å². The number of aryl methyl sites for hydroxylation is 1. The van der Waals surface area contributed by atoms with Crippen LogP contribution < -0.4 is 21.4 Å². The van der Waals surface area contributed by atoms with Gasteiger partial charge in [-0.1, -0.05) is 34.1 Å². The van der Waals surface area contributed by atoms with E-state index in [4.69, 9.17) is 14.9 Å². The molecule has 1 atom stereocenters. The summed E-state index contributed by atoms with van der Waals surface area (Å²) in [6, 6.07) is 12.3. The van der Waals surface area contributed by atoms with E-state index in [1.165, 1.54) is 0 Å². The Bertz CT molecular complexity index is 1400. The number of rotatable bonds is 0. The van der Waals surface area contributed by atoms with E-state index in [-0.39, 0.29) is 22.8 Å². The van der Waals surface area contributed by atoms with Crippen molar-refractivity contribution in [2.75, 3.05) is 5.32 Å². The zero-order valence-electron chi connectivity index (χ0n) is 15.0. The predicted molar refractivity (Wildman–Crippen MR) is 108 cm³/mol. The Labute approximate surface area is 172 Å². The largest absolute Gasteiger partial charge is 0.439 e. The molecule has 142 valence electrons. The van der Waals surface area contributed by atoms with Crippen molar-refractivity contribution in [2.45, 2.75) is 12.3 Å². The summed E-state index contributed by atoms with van der Waals surface area (Å²) in [4.78, 5) is 26.6. The van der Waals surface area contributed by atoms with E-state index in [1.54, 1.807) is 30.3 Å². The van der Waals surface area contributed by atoms with Crippen LogP contribution in [0.3, 0.4) is 0 Å². The lowest BCUT2D eigenvalue weighted by molar-refractivity contribution is -0.118. The van der Waals surface area contributed by atoms with Gasteiger partial charge in [-0.15, -0.1) is 0 Å². The Balaban J connectivity index is 2.05. The Morgan fingerprint density at radius 2 is 1.93 bits per heavy atom. The van der Waals surface area contributed by atoms with Gasteiger partial charge in [0.05, 0.1) is 5.39 Å². The van der Waals surface area contributed by atoms with Gasteiger partial charge in [0.25, 0.3) is 0 Å². The second-order valence-electron chi connectivity index (χ2n) is 6.87. The number of carbonyl (C=O) groups excluding carboxylic acids is 1. The normalized spacial score (nSPS) is 19.6. The molecule has 5 rings (SSSR count). The Morgan fingerprint density at radius 3 is 2.69 bits per heavy atom. The summed E-state index contributed by atoms with van der Waals surface area (Å²) in [5.41, 5.74) is 5.38. The van der Waals surface area contributed by atoms with Gasteiger partial charge in [-0.3, -0.25) is 4.79 Å². The van der Waals surface area contributed by atoms with Crippen molar-refractivity contribution in [1.29, 1.82) is 5.26 Å². The van der Waals surface area contributed by atoms with E-state index in [9.17, 15) is 14.9 Å². The number of nitrogens with two attached hydrogens (primary N) is 1. The minimum absolute atomic E-state index is 0.0653. The van der Waals surface area contributed by atoms with Gasteiger partial charge in [0, 0.05) is 15.7 Å². The summed E-state index contributed by atoms with van der Waals surface area (Å²) in [5, 5.41) is 13.2. The average Bonchev–Trinajstić information content (AvgIpc) is 2.98. The lowest BCUT2D eigenvalue weighted by atomic mass is 9.69. The van der Waals surface area contributed by atoms with Gasteiger partial charge in [0.15, 0.2) is 11.2 Å². The van der Waals surface area contributed by atoms with E-state index < -0.39 is 16.9 Å². The zero-order chi connectivity index (χ0) is 20.5. The summed E-state index contributed by atoms with van der Waals surface area (Å²) in [7, 11) is 0. The molecule has 7 nitrogen and oxygen atoms in total. The second kappa shape index (κ2) is 5.72. The molecule has 0 fully saturated rings. The molecule has 0 saturated carbocycles. The second-order valence-corrected chi connectivity index (χ2v) is 7.66. The standard InChI is InChI=1S/C21H12BrN3O4/c1-9-6-7-12-14(16(9)22)21(20(27)25-12)11(8-23)18(24)29-17-10-4-2-3-5-13(10)28-19(26)15(17)21/h2-7H,24H2,1H3,(H,25,27)/t21-/m0/s1. The zero-order valence-corrected chi connectivity index (χ0v) is 16.6. The summed E-state index contributed by atoms with van der Waals surface area (Å²) in [5.74, 6) is -0.678. The van der Waals surface area contributed by atoms with Gasteiger partial charge >= 0.3 is 5.63 Å². The first-order valence-electron chi connectivity index (χ1n) is 8.66. The van der Waals surface area contributed by atoms with Crippen LogP contribution in [0, 0.1) is 18.3 Å². The molecule has 0 bridgehead atoms. The first-order valence-corrected chi connectivity index (χ1v) is 9.46. The number of carbonyl (C=O) groups is 1. The van der Waals surface area contributed by atoms with Gasteiger partial charge in [-0.25, -0.2) is 4.79 Å². The lowest BCUT2D eigenvalue weighted by Gasteiger charge is -2.33. The monoisotopic (exact) mass is 449 g/mol. The van der Waals surface area contributed by atoms with E-state index in [0.717, 1.165) is 5.56 Å². The highest BCUT2D eigenvalue weighted by molar-refractivity contribution is 9.10. The van der Waals surface area contributed by atoms with E-state index in [1.807, 2.05) is 19.1 Å². The summed E-state index contributed by atoms with van der Waals surface area (Å²) >= 11 is 3.53. The third-order valence-corrected chi connectivity index (χ3v) is 6.41. The maximum Gasteiger partial charge on any atom is 0.345 e. The number of ether oxygens (including phenoxy) is 1. The first kappa shape index (κ1) is 17.5. The number of amides is 1. The van der Waals surface area contributed by atoms with Crippen LogP contribution in [0.15, 0.2) is 61.5 Å². The number of fused-ring (bicyclic) bond motifs is 6. The van der Waals surface area contributed by atoms with Crippen LogP contribution in [-0.2, 0) is 10.2 Å². The number of nitrogens with one attached hydrogen (secondary N) is 1. The van der Waals surface area contributed by atoms with Gasteiger partial charge < -0.3 is 20.2 Å². The van der Waals surface area contributed by atoms with Crippen LogP contribution in [-0.4, -0.2) is 5.91 Å². The number of hydrogen-bond donors (Lipinski definition) is 2. The molecule has 0 saturated heterocycles. The van der Waals surface area contributed by atoms with Crippen molar-refractivity contribution in [1.82, 2.24) is 0 Å². The average molecular weight is 450 g/mol. The molecule has 2 aliphatic heterocycles. The minimum Gasteiger partial charge on any atom is -0.439 e. The fourth-order valence-corrected chi connectivity index (χ4v) is 4.76. The van der Waals surface area contributed by atoms with Gasteiger partial charge in [-0.05, 0) is 30.7 Å². The summed E-state index contributed by atoms with van der Waals surface area (Å²) in [6.45, 7) is 1.85. The van der Waals surface area contributed by atoms with Crippen LogP contribution in [0.25, 0.3) is 11.0 Å². The molecule has 2 aromatic carbocycles. The highest BCUT2D eigenvalue weighted by Crippen LogP contribution is 2.55. The summed E-state index contributed by atoms with van der Waals surface area (Å²) in [6.07, 6.45) is 0. The van der Waals surface area contributed by atoms with Gasteiger partial charge in [0.1, 0.15) is 22.8 Å². The number of benzene rings is 2. The Kier molecular flexibility index (Phi) is 3.46. The van der Waals surface area contributed by atoms with Crippen molar-refractivity contribution in [2.24, 2.45) is 5.73 Å². The summed E-state index contributed by atoms with van der Waals surface area (Å²) < 4.78 is 11.8. The maximum atomic E-state index is 13.4. The van der Waals surface area contributed by atoms with Crippen molar-refractivity contribution in [3.8, 4) is 11.8 Å². The third kappa shape index (κ3) is 2.00. The maximum absolute atomic E-state index is 13.4. The Hall–Kier alpha value is -3.57. The number of para-hydroxylation sites is 1. The number of anilines is 1. The number of nitriles is 1. The first-order chi connectivity index (χ1) is 13.9. The molecule has 2 aliphatic rings. The van der Waals surface area contributed by atoms with Gasteiger partial charge in [0.2, 0.25) is 11.8 Å². The fourth-order valence-electron chi connectivity index (χ4n) is 4.12. The molecule has 8 heteroatoms. The molecule has 0 aliphatic carbocycles. The van der Waals surface area contributed by atoms with Crippen molar-refractivity contribution in [3.05, 3.63) is 79.4 Å². The highest BCUT2D eigenvalue weighted by Gasteiger charge is 2.59. The van der Waals surface area contributed by atoms with Crippen molar-refractivity contribution in [3.63, 3.8) is 0 Å². The van der Waals surface area contributed by atoms with E-state index in [0.29, 0.717) is 26.7 Å². The van der Waals surface area contributed by atoms with E-state index >= 15 is 0 Å².